The zero-order valence-electron chi connectivity index (χ0n) is 7.90. The molecule has 3 heteroatoms. The summed E-state index contributed by atoms with van der Waals surface area (Å²) in [4.78, 5) is 10.0. The molecular formula is C11H12N3. The standard InChI is InChI=1S/C11H12N3/c1-2-6-10-9(5-1)12-11(13-10)14-7-3-4-8-14/h1-2,5-7H,3-4,8H2,(H,12,13). The number of benzene rings is 1. The van der Waals surface area contributed by atoms with Crippen LogP contribution in [0.5, 0.6) is 0 Å². The third kappa shape index (κ3) is 1.16. The number of aromatic amines is 1. The third-order valence-electron chi connectivity index (χ3n) is 2.60. The van der Waals surface area contributed by atoms with E-state index in [1.54, 1.807) is 0 Å². The zero-order valence-corrected chi connectivity index (χ0v) is 7.90. The Kier molecular flexibility index (Phi) is 1.69. The molecule has 0 spiro atoms. The Morgan fingerprint density at radius 2 is 2.21 bits per heavy atom. The summed E-state index contributed by atoms with van der Waals surface area (Å²) >= 11 is 0. The SMILES string of the molecule is [CH]1CCCN1c1nc2ccccc2[nH]1. The second-order valence-electron chi connectivity index (χ2n) is 3.60. The van der Waals surface area contributed by atoms with Gasteiger partial charge in [-0.25, -0.2) is 4.98 Å². The first-order valence-corrected chi connectivity index (χ1v) is 4.98. The molecule has 3 nitrogen and oxygen atoms in total. The van der Waals surface area contributed by atoms with Crippen LogP contribution in [0.1, 0.15) is 12.8 Å². The lowest BCUT2D eigenvalue weighted by Gasteiger charge is -2.11. The van der Waals surface area contributed by atoms with Crippen molar-refractivity contribution in [3.63, 3.8) is 0 Å². The van der Waals surface area contributed by atoms with E-state index in [2.05, 4.69) is 27.5 Å². The molecule has 1 fully saturated rings. The average molecular weight is 186 g/mol. The van der Waals surface area contributed by atoms with Crippen molar-refractivity contribution in [2.24, 2.45) is 0 Å². The highest BCUT2D eigenvalue weighted by molar-refractivity contribution is 5.77. The van der Waals surface area contributed by atoms with Crippen LogP contribution in [-0.4, -0.2) is 16.5 Å². The molecule has 14 heavy (non-hydrogen) atoms. The lowest BCUT2D eigenvalue weighted by Crippen LogP contribution is -2.14. The Bertz CT molecular complexity index is 407. The topological polar surface area (TPSA) is 31.9 Å². The van der Waals surface area contributed by atoms with Gasteiger partial charge in [0, 0.05) is 6.54 Å². The van der Waals surface area contributed by atoms with Gasteiger partial charge in [-0.2, -0.15) is 0 Å². The first kappa shape index (κ1) is 7.85. The van der Waals surface area contributed by atoms with Crippen molar-refractivity contribution in [3.05, 3.63) is 30.8 Å². The van der Waals surface area contributed by atoms with Crippen LogP contribution >= 0.6 is 0 Å². The normalized spacial score (nSPS) is 16.7. The van der Waals surface area contributed by atoms with Gasteiger partial charge in [-0.15, -0.1) is 0 Å². The molecule has 3 rings (SSSR count). The van der Waals surface area contributed by atoms with E-state index in [0.717, 1.165) is 29.9 Å². The van der Waals surface area contributed by atoms with Crippen molar-refractivity contribution in [1.29, 1.82) is 0 Å². The summed E-state index contributed by atoms with van der Waals surface area (Å²) in [5.74, 6) is 0.976. The third-order valence-corrected chi connectivity index (χ3v) is 2.60. The number of hydrogen-bond donors (Lipinski definition) is 1. The van der Waals surface area contributed by atoms with Crippen LogP contribution in [0.15, 0.2) is 24.3 Å². The molecule has 0 atom stereocenters. The molecule has 1 aromatic heterocycles. The molecule has 1 aliphatic rings. The summed E-state index contributed by atoms with van der Waals surface area (Å²) in [5, 5.41) is 0. The van der Waals surface area contributed by atoms with Crippen molar-refractivity contribution < 1.29 is 0 Å². The van der Waals surface area contributed by atoms with E-state index in [-0.39, 0.29) is 0 Å². The number of rotatable bonds is 1. The number of hydrogen-bond acceptors (Lipinski definition) is 2. The average Bonchev–Trinajstić information content (AvgIpc) is 2.86. The lowest BCUT2D eigenvalue weighted by atomic mass is 10.3. The van der Waals surface area contributed by atoms with Crippen LogP contribution in [0.25, 0.3) is 11.0 Å². The molecule has 1 radical (unpaired) electrons. The molecule has 2 heterocycles. The van der Waals surface area contributed by atoms with E-state index >= 15 is 0 Å². The summed E-state index contributed by atoms with van der Waals surface area (Å²) in [5.41, 5.74) is 2.16. The fourth-order valence-electron chi connectivity index (χ4n) is 1.87. The maximum atomic E-state index is 4.53. The van der Waals surface area contributed by atoms with Gasteiger partial charge in [0.25, 0.3) is 0 Å². The van der Waals surface area contributed by atoms with Crippen LogP contribution in [0, 0.1) is 6.54 Å². The monoisotopic (exact) mass is 186 g/mol. The van der Waals surface area contributed by atoms with E-state index < -0.39 is 0 Å². The molecule has 71 valence electrons. The molecular weight excluding hydrogens is 174 g/mol. The predicted molar refractivity (Wildman–Crippen MR) is 57.0 cm³/mol. The zero-order chi connectivity index (χ0) is 9.38. The minimum absolute atomic E-state index is 0.976. The Balaban J connectivity index is 2.05. The number of anilines is 1. The Hall–Kier alpha value is -1.51. The van der Waals surface area contributed by atoms with E-state index in [9.17, 15) is 0 Å². The summed E-state index contributed by atoms with van der Waals surface area (Å²) < 4.78 is 0. The van der Waals surface area contributed by atoms with Crippen LogP contribution in [0.2, 0.25) is 0 Å². The lowest BCUT2D eigenvalue weighted by molar-refractivity contribution is 0.937. The van der Waals surface area contributed by atoms with Gasteiger partial charge in [0.2, 0.25) is 5.95 Å². The van der Waals surface area contributed by atoms with Crippen LogP contribution in [0.4, 0.5) is 5.95 Å². The quantitative estimate of drug-likeness (QED) is 0.741. The van der Waals surface area contributed by atoms with E-state index in [4.69, 9.17) is 0 Å². The second-order valence-corrected chi connectivity index (χ2v) is 3.60. The van der Waals surface area contributed by atoms with Crippen LogP contribution in [0.3, 0.4) is 0 Å². The summed E-state index contributed by atoms with van der Waals surface area (Å²) in [6, 6.07) is 8.13. The van der Waals surface area contributed by atoms with Crippen molar-refractivity contribution >= 4 is 17.0 Å². The Labute approximate surface area is 82.8 Å². The first-order chi connectivity index (χ1) is 6.93. The number of H-pyrrole nitrogens is 1. The molecule has 0 saturated carbocycles. The maximum Gasteiger partial charge on any atom is 0.204 e. The van der Waals surface area contributed by atoms with Gasteiger partial charge in [0.15, 0.2) is 0 Å². The smallest absolute Gasteiger partial charge is 0.204 e. The number of nitrogens with zero attached hydrogens (tertiary/aromatic N) is 2. The second kappa shape index (κ2) is 3.01. The molecule has 0 aliphatic carbocycles. The van der Waals surface area contributed by atoms with Gasteiger partial charge in [0.05, 0.1) is 17.6 Å². The van der Waals surface area contributed by atoms with Gasteiger partial charge in [-0.3, -0.25) is 0 Å². The predicted octanol–water partition coefficient (Wildman–Crippen LogP) is 2.32. The molecule has 1 aliphatic heterocycles. The number of imidazole rings is 1. The Morgan fingerprint density at radius 3 is 3.00 bits per heavy atom. The molecule has 1 saturated heterocycles. The minimum atomic E-state index is 0.976. The molecule has 0 bridgehead atoms. The fraction of sp³-hybridized carbons (Fsp3) is 0.273. The maximum absolute atomic E-state index is 4.53. The van der Waals surface area contributed by atoms with Crippen LogP contribution < -0.4 is 4.90 Å². The Morgan fingerprint density at radius 1 is 1.29 bits per heavy atom. The van der Waals surface area contributed by atoms with Crippen LogP contribution in [-0.2, 0) is 0 Å². The van der Waals surface area contributed by atoms with Crippen molar-refractivity contribution in [1.82, 2.24) is 9.97 Å². The fourth-order valence-corrected chi connectivity index (χ4v) is 1.87. The minimum Gasteiger partial charge on any atom is -0.337 e. The molecule has 0 unspecified atom stereocenters. The first-order valence-electron chi connectivity index (χ1n) is 4.98. The van der Waals surface area contributed by atoms with Gasteiger partial charge < -0.3 is 9.88 Å². The summed E-state index contributed by atoms with van der Waals surface area (Å²) in [6.07, 6.45) is 2.40. The highest BCUT2D eigenvalue weighted by atomic mass is 15.3. The van der Waals surface area contributed by atoms with Crippen molar-refractivity contribution in [2.75, 3.05) is 11.4 Å². The number of nitrogens with one attached hydrogen (secondary N) is 1. The number of para-hydroxylation sites is 2. The van der Waals surface area contributed by atoms with Gasteiger partial charge in [0.1, 0.15) is 0 Å². The molecule has 1 aromatic carbocycles. The summed E-state index contributed by atoms with van der Waals surface area (Å²) in [6.45, 7) is 3.29. The largest absolute Gasteiger partial charge is 0.337 e. The van der Waals surface area contributed by atoms with Crippen molar-refractivity contribution in [3.8, 4) is 0 Å². The molecule has 2 aromatic rings. The van der Waals surface area contributed by atoms with Gasteiger partial charge in [-0.1, -0.05) is 12.1 Å². The van der Waals surface area contributed by atoms with Crippen molar-refractivity contribution in [2.45, 2.75) is 12.8 Å². The number of fused-ring (bicyclic) bond motifs is 1. The highest BCUT2D eigenvalue weighted by Gasteiger charge is 2.15. The highest BCUT2D eigenvalue weighted by Crippen LogP contribution is 2.22. The van der Waals surface area contributed by atoms with E-state index in [1.165, 1.54) is 6.42 Å². The van der Waals surface area contributed by atoms with Gasteiger partial charge in [-0.05, 0) is 25.0 Å². The number of aromatic nitrogens is 2. The van der Waals surface area contributed by atoms with E-state index in [1.807, 2.05) is 18.2 Å². The molecule has 0 amide bonds. The summed E-state index contributed by atoms with van der Waals surface area (Å²) in [7, 11) is 0. The molecule has 1 N–H and O–H groups in total. The van der Waals surface area contributed by atoms with E-state index in [0.29, 0.717) is 0 Å². The van der Waals surface area contributed by atoms with Gasteiger partial charge >= 0.3 is 0 Å².